The molecule has 2 saturated heterocycles. The Bertz CT molecular complexity index is 471. The molecule has 22 heavy (non-hydrogen) atoms. The summed E-state index contributed by atoms with van der Waals surface area (Å²) in [5.74, 6) is 2.30. The summed E-state index contributed by atoms with van der Waals surface area (Å²) in [5, 5.41) is 3.11. The van der Waals surface area contributed by atoms with Crippen LogP contribution in [0.4, 0.5) is 0 Å². The smallest absolute Gasteiger partial charge is 0.242 e. The summed E-state index contributed by atoms with van der Waals surface area (Å²) < 4.78 is 5.60. The van der Waals surface area contributed by atoms with Gasteiger partial charge in [0.15, 0.2) is 0 Å². The van der Waals surface area contributed by atoms with Gasteiger partial charge < -0.3 is 10.1 Å². The van der Waals surface area contributed by atoms with Gasteiger partial charge in [-0.1, -0.05) is 30.3 Å². The van der Waals surface area contributed by atoms with Gasteiger partial charge in [0.2, 0.25) is 5.91 Å². The third-order valence-corrected chi connectivity index (χ3v) is 5.24. The van der Waals surface area contributed by atoms with Gasteiger partial charge in [0.05, 0.1) is 6.10 Å². The highest BCUT2D eigenvalue weighted by Crippen LogP contribution is 2.24. The minimum absolute atomic E-state index is 0.105. The van der Waals surface area contributed by atoms with Crippen LogP contribution in [-0.2, 0) is 9.53 Å². The summed E-state index contributed by atoms with van der Waals surface area (Å²) in [6.45, 7) is 3.39. The Hall–Kier alpha value is -1.04. The maximum absolute atomic E-state index is 12.8. The number of carbonyl (C=O) groups is 1. The summed E-state index contributed by atoms with van der Waals surface area (Å²) in [6.07, 6.45) is 2.35. The minimum atomic E-state index is -0.177. The summed E-state index contributed by atoms with van der Waals surface area (Å²) in [7, 11) is 0. The van der Waals surface area contributed by atoms with E-state index in [4.69, 9.17) is 4.74 Å². The molecule has 3 rings (SSSR count). The van der Waals surface area contributed by atoms with Crippen LogP contribution in [-0.4, -0.2) is 54.7 Å². The van der Waals surface area contributed by atoms with E-state index in [1.54, 1.807) is 0 Å². The number of hydrogen-bond donors (Lipinski definition) is 1. The van der Waals surface area contributed by atoms with Gasteiger partial charge >= 0.3 is 0 Å². The van der Waals surface area contributed by atoms with Crippen LogP contribution in [0.1, 0.15) is 24.4 Å². The van der Waals surface area contributed by atoms with Gasteiger partial charge in [-0.25, -0.2) is 0 Å². The Morgan fingerprint density at radius 2 is 2.09 bits per heavy atom. The van der Waals surface area contributed by atoms with Crippen molar-refractivity contribution < 1.29 is 9.53 Å². The highest BCUT2D eigenvalue weighted by Gasteiger charge is 2.29. The Morgan fingerprint density at radius 1 is 1.32 bits per heavy atom. The molecule has 4 nitrogen and oxygen atoms in total. The van der Waals surface area contributed by atoms with Gasteiger partial charge in [0, 0.05) is 37.7 Å². The van der Waals surface area contributed by atoms with E-state index < -0.39 is 0 Å². The maximum Gasteiger partial charge on any atom is 0.242 e. The van der Waals surface area contributed by atoms with Gasteiger partial charge in [-0.2, -0.15) is 11.8 Å². The number of thioether (sulfide) groups is 1. The average Bonchev–Trinajstić information content (AvgIpc) is 3.09. The molecule has 1 aromatic carbocycles. The minimum Gasteiger partial charge on any atom is -0.376 e. The second kappa shape index (κ2) is 7.99. The lowest BCUT2D eigenvalue weighted by Crippen LogP contribution is -2.45. The molecular weight excluding hydrogens is 296 g/mol. The van der Waals surface area contributed by atoms with E-state index >= 15 is 0 Å². The molecule has 0 bridgehead atoms. The zero-order chi connectivity index (χ0) is 15.2. The lowest BCUT2D eigenvalue weighted by Gasteiger charge is -2.33. The second-order valence-corrected chi connectivity index (χ2v) is 7.07. The van der Waals surface area contributed by atoms with E-state index in [0.717, 1.165) is 49.6 Å². The molecule has 0 radical (unpaired) electrons. The molecule has 2 aliphatic rings. The van der Waals surface area contributed by atoms with Gasteiger partial charge in [0.1, 0.15) is 6.04 Å². The van der Waals surface area contributed by atoms with Crippen molar-refractivity contribution >= 4 is 17.7 Å². The van der Waals surface area contributed by atoms with Crippen molar-refractivity contribution in [2.24, 2.45) is 0 Å². The standard InChI is InChI=1S/C17H24N2O2S/c20-17(18-13-15-7-4-10-21-15)16(14-5-2-1-3-6-14)19-8-11-22-12-9-19/h1-3,5-6,15-16H,4,7-13H2,(H,18,20)/t15-,16-/m0/s1. The number of nitrogens with one attached hydrogen (secondary N) is 1. The number of amides is 1. The molecule has 1 amide bonds. The van der Waals surface area contributed by atoms with E-state index in [0.29, 0.717) is 6.54 Å². The van der Waals surface area contributed by atoms with Gasteiger partial charge in [0.25, 0.3) is 0 Å². The number of nitrogens with zero attached hydrogens (tertiary/aromatic N) is 1. The van der Waals surface area contributed by atoms with Gasteiger partial charge in [-0.3, -0.25) is 9.69 Å². The lowest BCUT2D eigenvalue weighted by atomic mass is 10.0. The topological polar surface area (TPSA) is 41.6 Å². The largest absolute Gasteiger partial charge is 0.376 e. The molecule has 120 valence electrons. The predicted octanol–water partition coefficient (Wildman–Crippen LogP) is 2.07. The van der Waals surface area contributed by atoms with E-state index in [1.165, 1.54) is 0 Å². The van der Waals surface area contributed by atoms with Crippen LogP contribution in [0.25, 0.3) is 0 Å². The Balaban J connectivity index is 1.67. The highest BCUT2D eigenvalue weighted by molar-refractivity contribution is 7.99. The van der Waals surface area contributed by atoms with E-state index in [-0.39, 0.29) is 18.1 Å². The summed E-state index contributed by atoms with van der Waals surface area (Å²) in [4.78, 5) is 15.1. The van der Waals surface area contributed by atoms with Crippen molar-refractivity contribution in [3.8, 4) is 0 Å². The fourth-order valence-electron chi connectivity index (χ4n) is 3.12. The molecular formula is C17H24N2O2S. The van der Waals surface area contributed by atoms with Crippen molar-refractivity contribution in [2.75, 3.05) is 37.7 Å². The summed E-state index contributed by atoms with van der Waals surface area (Å²) in [6, 6.07) is 9.94. The van der Waals surface area contributed by atoms with Gasteiger partial charge in [-0.05, 0) is 18.4 Å². The van der Waals surface area contributed by atoms with Crippen LogP contribution in [0.3, 0.4) is 0 Å². The van der Waals surface area contributed by atoms with E-state index in [9.17, 15) is 4.79 Å². The summed E-state index contributed by atoms with van der Waals surface area (Å²) >= 11 is 1.96. The number of rotatable bonds is 5. The molecule has 0 spiro atoms. The van der Waals surface area contributed by atoms with Crippen LogP contribution in [0.2, 0.25) is 0 Å². The van der Waals surface area contributed by atoms with Crippen molar-refractivity contribution in [3.63, 3.8) is 0 Å². The molecule has 2 atom stereocenters. The first kappa shape index (κ1) is 15.8. The first-order valence-corrected chi connectivity index (χ1v) is 9.26. The monoisotopic (exact) mass is 320 g/mol. The molecule has 5 heteroatoms. The van der Waals surface area contributed by atoms with Crippen LogP contribution in [0.5, 0.6) is 0 Å². The third-order valence-electron chi connectivity index (χ3n) is 4.30. The van der Waals surface area contributed by atoms with Crippen LogP contribution < -0.4 is 5.32 Å². The maximum atomic E-state index is 12.8. The van der Waals surface area contributed by atoms with E-state index in [2.05, 4.69) is 22.3 Å². The fraction of sp³-hybridized carbons (Fsp3) is 0.588. The molecule has 2 fully saturated rings. The predicted molar refractivity (Wildman–Crippen MR) is 90.1 cm³/mol. The van der Waals surface area contributed by atoms with Crippen molar-refractivity contribution in [1.82, 2.24) is 10.2 Å². The van der Waals surface area contributed by atoms with Gasteiger partial charge in [-0.15, -0.1) is 0 Å². The third kappa shape index (κ3) is 4.03. The van der Waals surface area contributed by atoms with Crippen LogP contribution in [0, 0.1) is 0 Å². The number of hydrogen-bond acceptors (Lipinski definition) is 4. The fourth-order valence-corrected chi connectivity index (χ4v) is 4.05. The molecule has 2 aliphatic heterocycles. The van der Waals surface area contributed by atoms with Crippen LogP contribution in [0.15, 0.2) is 30.3 Å². The molecule has 0 saturated carbocycles. The molecule has 1 N–H and O–H groups in total. The first-order valence-electron chi connectivity index (χ1n) is 8.10. The summed E-state index contributed by atoms with van der Waals surface area (Å²) in [5.41, 5.74) is 1.08. The first-order chi connectivity index (χ1) is 10.8. The Labute approximate surface area is 136 Å². The zero-order valence-corrected chi connectivity index (χ0v) is 13.7. The normalized spacial score (nSPS) is 24.1. The molecule has 0 aliphatic carbocycles. The van der Waals surface area contributed by atoms with Crippen molar-refractivity contribution in [1.29, 1.82) is 0 Å². The molecule has 0 aromatic heterocycles. The number of ether oxygens (including phenoxy) is 1. The van der Waals surface area contributed by atoms with E-state index in [1.807, 2.05) is 30.0 Å². The number of carbonyl (C=O) groups excluding carboxylic acids is 1. The average molecular weight is 320 g/mol. The molecule has 1 aromatic rings. The highest BCUT2D eigenvalue weighted by atomic mass is 32.2. The Kier molecular flexibility index (Phi) is 5.76. The molecule has 2 heterocycles. The SMILES string of the molecule is O=C(NC[C@@H]1CCCO1)[C@H](c1ccccc1)N1CCSCC1. The zero-order valence-electron chi connectivity index (χ0n) is 12.9. The second-order valence-electron chi connectivity index (χ2n) is 5.84. The quantitative estimate of drug-likeness (QED) is 0.902. The lowest BCUT2D eigenvalue weighted by molar-refractivity contribution is -0.127. The molecule has 0 unspecified atom stereocenters. The van der Waals surface area contributed by atoms with Crippen molar-refractivity contribution in [2.45, 2.75) is 25.0 Å². The van der Waals surface area contributed by atoms with Crippen molar-refractivity contribution in [3.05, 3.63) is 35.9 Å². The Morgan fingerprint density at radius 3 is 2.77 bits per heavy atom. The van der Waals surface area contributed by atoms with Crippen LogP contribution >= 0.6 is 11.8 Å². The number of benzene rings is 1.